The summed E-state index contributed by atoms with van der Waals surface area (Å²) >= 11 is 0. The molecule has 4 nitrogen and oxygen atoms in total. The minimum absolute atomic E-state index is 0.632. The first-order valence-corrected chi connectivity index (χ1v) is 15.4. The van der Waals surface area contributed by atoms with Crippen LogP contribution >= 0.6 is 0 Å². The third kappa shape index (κ3) is 4.39. The van der Waals surface area contributed by atoms with Gasteiger partial charge in [0.2, 0.25) is 0 Å². The fraction of sp³-hybridized carbons (Fsp3) is 0. The summed E-state index contributed by atoms with van der Waals surface area (Å²) in [6.45, 7) is 0. The second-order valence-corrected chi connectivity index (χ2v) is 11.5. The summed E-state index contributed by atoms with van der Waals surface area (Å²) in [4.78, 5) is 19.8. The molecule has 0 aliphatic heterocycles. The van der Waals surface area contributed by atoms with Crippen molar-refractivity contribution < 1.29 is 0 Å². The second-order valence-electron chi connectivity index (χ2n) is 11.5. The molecule has 0 N–H and O–H groups in total. The maximum absolute atomic E-state index is 5.17. The Kier molecular flexibility index (Phi) is 6.10. The van der Waals surface area contributed by atoms with Gasteiger partial charge in [0.25, 0.3) is 0 Å². The molecule has 0 saturated carbocycles. The largest absolute Gasteiger partial charge is 0.264 e. The molecule has 7 aromatic carbocycles. The Morgan fingerprint density at radius 2 is 0.978 bits per heavy atom. The summed E-state index contributed by atoms with van der Waals surface area (Å²) in [5, 5.41) is 9.22. The SMILES string of the molecule is c1ccc(-c2nc(-c3ccc(-c4cccc5ccccc45)cc3)nc(-c3cc4ccccc4c4ccc5ccncc5c34)n2)cc1. The molecule has 0 radical (unpaired) electrons. The minimum Gasteiger partial charge on any atom is -0.264 e. The van der Waals surface area contributed by atoms with Crippen LogP contribution in [0.4, 0.5) is 0 Å². The molecular weight excluding hydrogens is 560 g/mol. The Hall–Kier alpha value is -6.26. The highest BCUT2D eigenvalue weighted by molar-refractivity contribution is 6.22. The lowest BCUT2D eigenvalue weighted by Crippen LogP contribution is -2.01. The average Bonchev–Trinajstić information content (AvgIpc) is 3.14. The van der Waals surface area contributed by atoms with E-state index < -0.39 is 0 Å². The van der Waals surface area contributed by atoms with Crippen LogP contribution in [0.1, 0.15) is 0 Å². The molecule has 2 heterocycles. The van der Waals surface area contributed by atoms with Gasteiger partial charge in [0.15, 0.2) is 17.5 Å². The van der Waals surface area contributed by atoms with Crippen LogP contribution in [-0.4, -0.2) is 19.9 Å². The zero-order chi connectivity index (χ0) is 30.5. The zero-order valence-electron chi connectivity index (χ0n) is 24.8. The lowest BCUT2D eigenvalue weighted by atomic mass is 9.93. The van der Waals surface area contributed by atoms with E-state index in [0.717, 1.165) is 49.2 Å². The predicted molar refractivity (Wildman–Crippen MR) is 189 cm³/mol. The lowest BCUT2D eigenvalue weighted by Gasteiger charge is -2.14. The van der Waals surface area contributed by atoms with E-state index in [-0.39, 0.29) is 0 Å². The van der Waals surface area contributed by atoms with Gasteiger partial charge in [0, 0.05) is 39.9 Å². The van der Waals surface area contributed by atoms with Crippen molar-refractivity contribution in [3.05, 3.63) is 158 Å². The number of aromatic nitrogens is 4. The van der Waals surface area contributed by atoms with Gasteiger partial charge in [-0.2, -0.15) is 0 Å². The molecule has 9 aromatic rings. The van der Waals surface area contributed by atoms with Gasteiger partial charge in [-0.1, -0.05) is 133 Å². The Bertz CT molecular complexity index is 2570. The van der Waals surface area contributed by atoms with Crippen molar-refractivity contribution in [1.29, 1.82) is 0 Å². The highest BCUT2D eigenvalue weighted by Crippen LogP contribution is 2.39. The van der Waals surface area contributed by atoms with E-state index in [4.69, 9.17) is 15.0 Å². The van der Waals surface area contributed by atoms with Crippen molar-refractivity contribution in [3.8, 4) is 45.3 Å². The average molecular weight is 587 g/mol. The summed E-state index contributed by atoms with van der Waals surface area (Å²) in [5.41, 5.74) is 5.19. The molecule has 0 atom stereocenters. The van der Waals surface area contributed by atoms with Gasteiger partial charge >= 0.3 is 0 Å². The Labute approximate surface area is 265 Å². The molecule has 214 valence electrons. The molecule has 0 unspecified atom stereocenters. The smallest absolute Gasteiger partial charge is 0.164 e. The topological polar surface area (TPSA) is 51.6 Å². The van der Waals surface area contributed by atoms with Crippen molar-refractivity contribution in [2.45, 2.75) is 0 Å². The molecule has 0 aliphatic rings. The van der Waals surface area contributed by atoms with Crippen LogP contribution in [0.2, 0.25) is 0 Å². The number of hydrogen-bond donors (Lipinski definition) is 0. The number of rotatable bonds is 4. The molecule has 0 saturated heterocycles. The highest BCUT2D eigenvalue weighted by Gasteiger charge is 2.18. The highest BCUT2D eigenvalue weighted by atomic mass is 15.0. The van der Waals surface area contributed by atoms with Crippen LogP contribution in [0.25, 0.3) is 88.4 Å². The van der Waals surface area contributed by atoms with Gasteiger partial charge in [-0.15, -0.1) is 0 Å². The fourth-order valence-electron chi connectivity index (χ4n) is 6.57. The van der Waals surface area contributed by atoms with Gasteiger partial charge in [0.1, 0.15) is 0 Å². The van der Waals surface area contributed by atoms with E-state index >= 15 is 0 Å². The normalized spacial score (nSPS) is 11.5. The van der Waals surface area contributed by atoms with Crippen molar-refractivity contribution in [2.75, 3.05) is 0 Å². The molecule has 0 amide bonds. The Balaban J connectivity index is 1.28. The molecule has 2 aromatic heterocycles. The molecular formula is C42H26N4. The number of hydrogen-bond acceptors (Lipinski definition) is 4. The third-order valence-electron chi connectivity index (χ3n) is 8.80. The van der Waals surface area contributed by atoms with E-state index in [9.17, 15) is 0 Å². The number of benzene rings is 7. The van der Waals surface area contributed by atoms with Crippen LogP contribution in [0.5, 0.6) is 0 Å². The molecule has 9 rings (SSSR count). The molecule has 0 aliphatic carbocycles. The van der Waals surface area contributed by atoms with Gasteiger partial charge < -0.3 is 0 Å². The molecule has 0 spiro atoms. The number of pyridine rings is 1. The van der Waals surface area contributed by atoms with E-state index in [2.05, 4.69) is 120 Å². The summed E-state index contributed by atoms with van der Waals surface area (Å²) in [6.07, 6.45) is 3.79. The first-order chi connectivity index (χ1) is 22.8. The lowest BCUT2D eigenvalue weighted by molar-refractivity contribution is 1.08. The zero-order valence-corrected chi connectivity index (χ0v) is 24.8. The van der Waals surface area contributed by atoms with Gasteiger partial charge in [-0.25, -0.2) is 15.0 Å². The molecule has 0 bridgehead atoms. The van der Waals surface area contributed by atoms with Gasteiger partial charge in [-0.3, -0.25) is 4.98 Å². The first kappa shape index (κ1) is 26.2. The quantitative estimate of drug-likeness (QED) is 0.193. The van der Waals surface area contributed by atoms with Gasteiger partial charge in [-0.05, 0) is 55.6 Å². The number of fused-ring (bicyclic) bond motifs is 6. The maximum atomic E-state index is 5.17. The molecule has 0 fully saturated rings. The summed E-state index contributed by atoms with van der Waals surface area (Å²) in [5.74, 6) is 1.90. The van der Waals surface area contributed by atoms with Crippen LogP contribution in [-0.2, 0) is 0 Å². The van der Waals surface area contributed by atoms with Crippen molar-refractivity contribution >= 4 is 43.1 Å². The van der Waals surface area contributed by atoms with Crippen LogP contribution in [0.3, 0.4) is 0 Å². The van der Waals surface area contributed by atoms with E-state index in [1.165, 1.54) is 21.7 Å². The van der Waals surface area contributed by atoms with E-state index in [0.29, 0.717) is 17.5 Å². The van der Waals surface area contributed by atoms with Crippen LogP contribution in [0.15, 0.2) is 158 Å². The third-order valence-corrected chi connectivity index (χ3v) is 8.80. The fourth-order valence-corrected chi connectivity index (χ4v) is 6.57. The van der Waals surface area contributed by atoms with Crippen LogP contribution in [0, 0.1) is 0 Å². The monoisotopic (exact) mass is 586 g/mol. The van der Waals surface area contributed by atoms with E-state index in [1.807, 2.05) is 42.7 Å². The standard InChI is InChI=1S/C42H26N4/c1-2-10-30(11-3-1)40-44-41(31-19-17-28(18-20-31)34-16-8-13-27-9-4-6-14-33(27)34)46-42(45-40)37-25-32-12-5-7-15-35(32)36-22-21-29-23-24-43-26-38(29)39(36)37/h1-26H. The Morgan fingerprint density at radius 1 is 0.348 bits per heavy atom. The first-order valence-electron chi connectivity index (χ1n) is 15.4. The van der Waals surface area contributed by atoms with E-state index in [1.54, 1.807) is 0 Å². The Morgan fingerprint density at radius 3 is 1.80 bits per heavy atom. The van der Waals surface area contributed by atoms with Gasteiger partial charge in [0.05, 0.1) is 0 Å². The summed E-state index contributed by atoms with van der Waals surface area (Å²) in [7, 11) is 0. The predicted octanol–water partition coefficient (Wildman–Crippen LogP) is 10.5. The minimum atomic E-state index is 0.632. The maximum Gasteiger partial charge on any atom is 0.164 e. The second kappa shape index (κ2) is 10.7. The molecule has 46 heavy (non-hydrogen) atoms. The van der Waals surface area contributed by atoms with Crippen molar-refractivity contribution in [2.24, 2.45) is 0 Å². The summed E-state index contributed by atoms with van der Waals surface area (Å²) in [6, 6.07) is 50.8. The van der Waals surface area contributed by atoms with Crippen molar-refractivity contribution in [1.82, 2.24) is 19.9 Å². The number of nitrogens with zero attached hydrogens (tertiary/aromatic N) is 4. The molecule has 4 heteroatoms. The van der Waals surface area contributed by atoms with Crippen molar-refractivity contribution in [3.63, 3.8) is 0 Å². The van der Waals surface area contributed by atoms with Crippen LogP contribution < -0.4 is 0 Å². The summed E-state index contributed by atoms with van der Waals surface area (Å²) < 4.78 is 0.